The highest BCUT2D eigenvalue weighted by Crippen LogP contribution is 2.28. The zero-order valence-corrected chi connectivity index (χ0v) is 9.37. The quantitative estimate of drug-likeness (QED) is 0.762. The lowest BCUT2D eigenvalue weighted by molar-refractivity contribution is 0.796. The van der Waals surface area contributed by atoms with Crippen molar-refractivity contribution in [2.45, 2.75) is 13.5 Å². The van der Waals surface area contributed by atoms with Crippen molar-refractivity contribution in [3.63, 3.8) is 0 Å². The van der Waals surface area contributed by atoms with Crippen molar-refractivity contribution >= 4 is 26.8 Å². The molecule has 1 aromatic heterocycles. The third-order valence-electron chi connectivity index (χ3n) is 2.32. The van der Waals surface area contributed by atoms with Gasteiger partial charge in [-0.2, -0.15) is 5.26 Å². The predicted molar refractivity (Wildman–Crippen MR) is 60.0 cm³/mol. The molecule has 0 bridgehead atoms. The van der Waals surface area contributed by atoms with Crippen LogP contribution in [0.3, 0.4) is 0 Å². The zero-order chi connectivity index (χ0) is 10.1. The van der Waals surface area contributed by atoms with Crippen LogP contribution in [0.1, 0.15) is 12.5 Å². The molecule has 14 heavy (non-hydrogen) atoms. The number of rotatable bonds is 1. The Morgan fingerprint density at radius 3 is 2.93 bits per heavy atom. The smallest absolute Gasteiger partial charge is 0.101 e. The summed E-state index contributed by atoms with van der Waals surface area (Å²) in [6.45, 7) is 2.95. The zero-order valence-electron chi connectivity index (χ0n) is 7.79. The summed E-state index contributed by atoms with van der Waals surface area (Å²) in [4.78, 5) is 0. The Bertz CT molecular complexity index is 520. The molecule has 2 nitrogen and oxygen atoms in total. The van der Waals surface area contributed by atoms with Gasteiger partial charge < -0.3 is 4.57 Å². The molecule has 0 N–H and O–H groups in total. The number of hydrogen-bond acceptors (Lipinski definition) is 1. The Morgan fingerprint density at radius 1 is 1.50 bits per heavy atom. The van der Waals surface area contributed by atoms with Crippen LogP contribution in [0.2, 0.25) is 0 Å². The molecule has 70 valence electrons. The highest BCUT2D eigenvalue weighted by Gasteiger charge is 2.09. The van der Waals surface area contributed by atoms with Crippen LogP contribution in [0.25, 0.3) is 10.9 Å². The van der Waals surface area contributed by atoms with Gasteiger partial charge in [-0.1, -0.05) is 22.0 Å². The van der Waals surface area contributed by atoms with Gasteiger partial charge in [-0.15, -0.1) is 0 Å². The van der Waals surface area contributed by atoms with Crippen molar-refractivity contribution in [3.05, 3.63) is 34.4 Å². The summed E-state index contributed by atoms with van der Waals surface area (Å²) in [7, 11) is 0. The highest BCUT2D eigenvalue weighted by atomic mass is 79.9. The fraction of sp³-hybridized carbons (Fsp3) is 0.182. The number of nitrogens with zero attached hydrogens (tertiary/aromatic N) is 2. The lowest BCUT2D eigenvalue weighted by atomic mass is 10.2. The van der Waals surface area contributed by atoms with E-state index < -0.39 is 0 Å². The molecule has 0 unspecified atom stereocenters. The van der Waals surface area contributed by atoms with E-state index in [0.717, 1.165) is 27.5 Å². The molecule has 0 atom stereocenters. The second-order valence-corrected chi connectivity index (χ2v) is 3.93. The van der Waals surface area contributed by atoms with Crippen LogP contribution in [-0.4, -0.2) is 4.57 Å². The van der Waals surface area contributed by atoms with E-state index in [1.54, 1.807) is 0 Å². The number of fused-ring (bicyclic) bond motifs is 1. The molecule has 0 fully saturated rings. The van der Waals surface area contributed by atoms with Gasteiger partial charge >= 0.3 is 0 Å². The molecule has 0 radical (unpaired) electrons. The van der Waals surface area contributed by atoms with E-state index in [0.29, 0.717) is 0 Å². The summed E-state index contributed by atoms with van der Waals surface area (Å²) in [6, 6.07) is 8.19. The first-order chi connectivity index (χ1) is 6.77. The van der Waals surface area contributed by atoms with Gasteiger partial charge in [0, 0.05) is 22.6 Å². The van der Waals surface area contributed by atoms with Gasteiger partial charge in [-0.25, -0.2) is 0 Å². The molecule has 2 aromatic rings. The first-order valence-corrected chi connectivity index (χ1v) is 5.24. The van der Waals surface area contributed by atoms with E-state index in [1.165, 1.54) is 0 Å². The first kappa shape index (κ1) is 9.29. The number of benzene rings is 1. The Hall–Kier alpha value is -1.27. The maximum Gasteiger partial charge on any atom is 0.101 e. The average molecular weight is 249 g/mol. The second-order valence-electron chi connectivity index (χ2n) is 3.07. The van der Waals surface area contributed by atoms with Crippen LogP contribution in [0.4, 0.5) is 0 Å². The molecule has 0 spiro atoms. The van der Waals surface area contributed by atoms with E-state index in [9.17, 15) is 0 Å². The molecule has 0 aliphatic carbocycles. The molecule has 0 aliphatic rings. The molecule has 0 saturated carbocycles. The van der Waals surface area contributed by atoms with Gasteiger partial charge in [0.1, 0.15) is 6.07 Å². The fourth-order valence-electron chi connectivity index (χ4n) is 1.66. The largest absolute Gasteiger partial charge is 0.346 e. The molecule has 2 rings (SSSR count). The summed E-state index contributed by atoms with van der Waals surface area (Å²) >= 11 is 3.47. The molecule has 1 heterocycles. The lowest BCUT2D eigenvalue weighted by Crippen LogP contribution is -1.89. The number of nitriles is 1. The normalized spacial score (nSPS) is 10.4. The first-order valence-electron chi connectivity index (χ1n) is 4.45. The molecule has 0 amide bonds. The standard InChI is InChI=1S/C11H9BrN2/c1-2-14-7-8(6-13)11-9(12)4-3-5-10(11)14/h3-5,7H,2H2,1H3. The maximum atomic E-state index is 8.98. The summed E-state index contributed by atoms with van der Waals surface area (Å²) in [5.41, 5.74) is 1.84. The summed E-state index contributed by atoms with van der Waals surface area (Å²) in [5, 5.41) is 10.00. The predicted octanol–water partition coefficient (Wildman–Crippen LogP) is 3.30. The van der Waals surface area contributed by atoms with Crippen molar-refractivity contribution in [2.24, 2.45) is 0 Å². The second kappa shape index (κ2) is 3.47. The fourth-order valence-corrected chi connectivity index (χ4v) is 2.22. The minimum Gasteiger partial charge on any atom is -0.346 e. The lowest BCUT2D eigenvalue weighted by Gasteiger charge is -1.99. The van der Waals surface area contributed by atoms with Gasteiger partial charge in [0.2, 0.25) is 0 Å². The van der Waals surface area contributed by atoms with Crippen molar-refractivity contribution in [1.82, 2.24) is 4.57 Å². The summed E-state index contributed by atoms with van der Waals surface area (Å²) in [6.07, 6.45) is 1.90. The van der Waals surface area contributed by atoms with Gasteiger partial charge in [-0.05, 0) is 19.1 Å². The monoisotopic (exact) mass is 248 g/mol. The topological polar surface area (TPSA) is 28.7 Å². The molecule has 3 heteroatoms. The highest BCUT2D eigenvalue weighted by molar-refractivity contribution is 9.10. The van der Waals surface area contributed by atoms with Crippen molar-refractivity contribution in [3.8, 4) is 6.07 Å². The van der Waals surface area contributed by atoms with Crippen LogP contribution in [-0.2, 0) is 6.54 Å². The van der Waals surface area contributed by atoms with E-state index in [2.05, 4.69) is 33.5 Å². The average Bonchev–Trinajstić information content (AvgIpc) is 2.57. The maximum absolute atomic E-state index is 8.98. The third-order valence-corrected chi connectivity index (χ3v) is 2.98. The third kappa shape index (κ3) is 1.23. The summed E-state index contributed by atoms with van der Waals surface area (Å²) < 4.78 is 3.07. The van der Waals surface area contributed by atoms with Gasteiger partial charge in [0.25, 0.3) is 0 Å². The van der Waals surface area contributed by atoms with Crippen LogP contribution in [0, 0.1) is 11.3 Å². The van der Waals surface area contributed by atoms with Crippen molar-refractivity contribution in [1.29, 1.82) is 5.26 Å². The van der Waals surface area contributed by atoms with E-state index in [4.69, 9.17) is 5.26 Å². The van der Waals surface area contributed by atoms with Gasteiger partial charge in [0.15, 0.2) is 0 Å². The van der Waals surface area contributed by atoms with Crippen LogP contribution < -0.4 is 0 Å². The molecule has 0 aliphatic heterocycles. The molecular weight excluding hydrogens is 240 g/mol. The Labute approximate surface area is 90.9 Å². The Balaban J connectivity index is 2.91. The van der Waals surface area contributed by atoms with E-state index in [-0.39, 0.29) is 0 Å². The van der Waals surface area contributed by atoms with Crippen LogP contribution >= 0.6 is 15.9 Å². The Morgan fingerprint density at radius 2 is 2.29 bits per heavy atom. The van der Waals surface area contributed by atoms with E-state index in [1.807, 2.05) is 24.4 Å². The number of aromatic nitrogens is 1. The van der Waals surface area contributed by atoms with Crippen molar-refractivity contribution < 1.29 is 0 Å². The van der Waals surface area contributed by atoms with Crippen LogP contribution in [0.15, 0.2) is 28.9 Å². The van der Waals surface area contributed by atoms with Gasteiger partial charge in [-0.3, -0.25) is 0 Å². The SMILES string of the molecule is CCn1cc(C#N)c2c(Br)cccc21. The minimum atomic E-state index is 0.731. The number of aryl methyl sites for hydroxylation is 1. The minimum absolute atomic E-state index is 0.731. The van der Waals surface area contributed by atoms with E-state index >= 15 is 0 Å². The molecular formula is C11H9BrN2. The van der Waals surface area contributed by atoms with Gasteiger partial charge in [0.05, 0.1) is 11.1 Å². The molecule has 0 saturated heterocycles. The Kier molecular flexibility index (Phi) is 2.30. The summed E-state index contributed by atoms with van der Waals surface area (Å²) in [5.74, 6) is 0. The number of hydrogen-bond donors (Lipinski definition) is 0. The number of halogens is 1. The van der Waals surface area contributed by atoms with Crippen molar-refractivity contribution in [2.75, 3.05) is 0 Å². The van der Waals surface area contributed by atoms with Crippen LogP contribution in [0.5, 0.6) is 0 Å². The molecule has 1 aromatic carbocycles.